The summed E-state index contributed by atoms with van der Waals surface area (Å²) in [6, 6.07) is 4.01. The third-order valence-electron chi connectivity index (χ3n) is 1.72. The van der Waals surface area contributed by atoms with E-state index in [4.69, 9.17) is 17.3 Å². The highest BCUT2D eigenvalue weighted by Crippen LogP contribution is 2.10. The van der Waals surface area contributed by atoms with Crippen molar-refractivity contribution < 1.29 is 0 Å². The van der Waals surface area contributed by atoms with E-state index in [1.165, 1.54) is 0 Å². The van der Waals surface area contributed by atoms with Gasteiger partial charge in [-0.2, -0.15) is 0 Å². The zero-order valence-electron chi connectivity index (χ0n) is 7.63. The lowest BCUT2D eigenvalue weighted by Gasteiger charge is -2.12. The van der Waals surface area contributed by atoms with Crippen LogP contribution in [0.5, 0.6) is 0 Å². The summed E-state index contributed by atoms with van der Waals surface area (Å²) in [6.45, 7) is 2.75. The van der Waals surface area contributed by atoms with E-state index in [1.807, 2.05) is 12.1 Å². The molecular formula is C9H14ClN3. The van der Waals surface area contributed by atoms with Crippen LogP contribution in [0.2, 0.25) is 5.02 Å². The summed E-state index contributed by atoms with van der Waals surface area (Å²) in [5.41, 5.74) is 5.43. The Kier molecular flexibility index (Phi) is 3.99. The Morgan fingerprint density at radius 3 is 2.92 bits per heavy atom. The number of nitrogens with two attached hydrogens (primary N) is 1. The largest absolute Gasteiger partial charge is 0.368 e. The molecule has 1 aromatic heterocycles. The quantitative estimate of drug-likeness (QED) is 0.779. The first-order chi connectivity index (χ1) is 6.22. The molecule has 72 valence electrons. The fourth-order valence-corrected chi connectivity index (χ4v) is 1.15. The van der Waals surface area contributed by atoms with Crippen molar-refractivity contribution in [2.45, 2.75) is 19.4 Å². The molecule has 0 spiro atoms. The predicted octanol–water partition coefficient (Wildman–Crippen LogP) is 1.88. The van der Waals surface area contributed by atoms with Crippen molar-refractivity contribution >= 4 is 17.4 Å². The zero-order valence-corrected chi connectivity index (χ0v) is 8.38. The Hall–Kier alpha value is -0.800. The summed E-state index contributed by atoms with van der Waals surface area (Å²) < 4.78 is 0. The van der Waals surface area contributed by atoms with Crippen molar-refractivity contribution in [3.8, 4) is 0 Å². The molecule has 0 aliphatic rings. The van der Waals surface area contributed by atoms with Gasteiger partial charge in [0.1, 0.15) is 5.82 Å². The van der Waals surface area contributed by atoms with Crippen LogP contribution in [0.25, 0.3) is 0 Å². The summed E-state index contributed by atoms with van der Waals surface area (Å²) in [6.07, 6.45) is 2.56. The van der Waals surface area contributed by atoms with Crippen LogP contribution < -0.4 is 11.1 Å². The molecule has 4 heteroatoms. The van der Waals surface area contributed by atoms with Crippen molar-refractivity contribution in [1.29, 1.82) is 0 Å². The van der Waals surface area contributed by atoms with Crippen molar-refractivity contribution in [2.75, 3.05) is 11.9 Å². The summed E-state index contributed by atoms with van der Waals surface area (Å²) in [5.74, 6) is 0.838. The van der Waals surface area contributed by atoms with Crippen LogP contribution in [0, 0.1) is 0 Å². The van der Waals surface area contributed by atoms with Gasteiger partial charge < -0.3 is 11.1 Å². The smallest absolute Gasteiger partial charge is 0.126 e. The van der Waals surface area contributed by atoms with Gasteiger partial charge in [0.25, 0.3) is 0 Å². The molecule has 0 aliphatic carbocycles. The molecule has 0 aliphatic heterocycles. The van der Waals surface area contributed by atoms with Crippen molar-refractivity contribution in [3.05, 3.63) is 23.4 Å². The number of hydrogen-bond acceptors (Lipinski definition) is 3. The van der Waals surface area contributed by atoms with Gasteiger partial charge in [-0.15, -0.1) is 0 Å². The van der Waals surface area contributed by atoms with E-state index in [9.17, 15) is 0 Å². The fraction of sp³-hybridized carbons (Fsp3) is 0.444. The normalized spacial score (nSPS) is 12.5. The number of anilines is 1. The zero-order chi connectivity index (χ0) is 9.68. The Labute approximate surface area is 83.3 Å². The second kappa shape index (κ2) is 5.04. The molecule has 0 bridgehead atoms. The molecule has 0 saturated heterocycles. The van der Waals surface area contributed by atoms with E-state index in [0.717, 1.165) is 12.2 Å². The maximum Gasteiger partial charge on any atom is 0.126 e. The molecule has 0 fully saturated rings. The molecule has 3 N–H and O–H groups in total. The van der Waals surface area contributed by atoms with Crippen LogP contribution in [0.1, 0.15) is 13.3 Å². The number of pyridine rings is 1. The first-order valence-electron chi connectivity index (χ1n) is 4.30. The van der Waals surface area contributed by atoms with Gasteiger partial charge >= 0.3 is 0 Å². The van der Waals surface area contributed by atoms with E-state index in [1.54, 1.807) is 6.20 Å². The van der Waals surface area contributed by atoms with Gasteiger partial charge in [-0.05, 0) is 32.0 Å². The van der Waals surface area contributed by atoms with E-state index < -0.39 is 0 Å². The standard InChI is InChI=1S/C9H14ClN3/c1-7(4-5-11)13-9-3-2-8(10)6-12-9/h2-3,6-7H,4-5,11H2,1H3,(H,12,13). The third kappa shape index (κ3) is 3.61. The van der Waals surface area contributed by atoms with Gasteiger partial charge in [-0.1, -0.05) is 11.6 Å². The minimum Gasteiger partial charge on any atom is -0.368 e. The minimum atomic E-state index is 0.346. The maximum absolute atomic E-state index is 5.70. The Balaban J connectivity index is 2.49. The Morgan fingerprint density at radius 2 is 2.38 bits per heavy atom. The van der Waals surface area contributed by atoms with E-state index >= 15 is 0 Å². The minimum absolute atomic E-state index is 0.346. The number of nitrogens with zero attached hydrogens (tertiary/aromatic N) is 1. The van der Waals surface area contributed by atoms with Crippen molar-refractivity contribution in [3.63, 3.8) is 0 Å². The topological polar surface area (TPSA) is 50.9 Å². The fourth-order valence-electron chi connectivity index (χ4n) is 1.04. The lowest BCUT2D eigenvalue weighted by atomic mass is 10.2. The van der Waals surface area contributed by atoms with Crippen LogP contribution in [0.3, 0.4) is 0 Å². The molecule has 1 aromatic rings. The summed E-state index contributed by atoms with van der Waals surface area (Å²) in [7, 11) is 0. The van der Waals surface area contributed by atoms with Gasteiger partial charge in [0.15, 0.2) is 0 Å². The second-order valence-electron chi connectivity index (χ2n) is 2.98. The SMILES string of the molecule is CC(CCN)Nc1ccc(Cl)cn1. The van der Waals surface area contributed by atoms with Gasteiger partial charge in [-0.3, -0.25) is 0 Å². The molecule has 13 heavy (non-hydrogen) atoms. The lowest BCUT2D eigenvalue weighted by molar-refractivity contribution is 0.713. The molecule has 0 amide bonds. The molecule has 1 rings (SSSR count). The molecule has 0 aromatic carbocycles. The molecule has 3 nitrogen and oxygen atoms in total. The highest BCUT2D eigenvalue weighted by Gasteiger charge is 2.00. The average molecular weight is 200 g/mol. The molecule has 1 atom stereocenters. The highest BCUT2D eigenvalue weighted by molar-refractivity contribution is 6.30. The highest BCUT2D eigenvalue weighted by atomic mass is 35.5. The summed E-state index contributed by atoms with van der Waals surface area (Å²) in [5, 5.41) is 3.87. The van der Waals surface area contributed by atoms with Gasteiger partial charge in [-0.25, -0.2) is 4.98 Å². The first kappa shape index (κ1) is 10.3. The van der Waals surface area contributed by atoms with Crippen LogP contribution in [0.4, 0.5) is 5.82 Å². The Morgan fingerprint density at radius 1 is 1.62 bits per heavy atom. The van der Waals surface area contributed by atoms with E-state index in [2.05, 4.69) is 17.2 Å². The van der Waals surface area contributed by atoms with Crippen LogP contribution >= 0.6 is 11.6 Å². The molecule has 0 radical (unpaired) electrons. The number of nitrogens with one attached hydrogen (secondary N) is 1. The van der Waals surface area contributed by atoms with E-state index in [-0.39, 0.29) is 0 Å². The van der Waals surface area contributed by atoms with Gasteiger partial charge in [0.2, 0.25) is 0 Å². The third-order valence-corrected chi connectivity index (χ3v) is 1.94. The molecular weight excluding hydrogens is 186 g/mol. The van der Waals surface area contributed by atoms with Crippen molar-refractivity contribution in [1.82, 2.24) is 4.98 Å². The number of hydrogen-bond donors (Lipinski definition) is 2. The van der Waals surface area contributed by atoms with Crippen LogP contribution in [0.15, 0.2) is 18.3 Å². The summed E-state index contributed by atoms with van der Waals surface area (Å²) in [4.78, 5) is 4.12. The maximum atomic E-state index is 5.70. The summed E-state index contributed by atoms with van der Waals surface area (Å²) >= 11 is 5.70. The monoisotopic (exact) mass is 199 g/mol. The first-order valence-corrected chi connectivity index (χ1v) is 4.68. The molecule has 1 unspecified atom stereocenters. The van der Waals surface area contributed by atoms with E-state index in [0.29, 0.717) is 17.6 Å². The van der Waals surface area contributed by atoms with Crippen molar-refractivity contribution in [2.24, 2.45) is 5.73 Å². The Bertz CT molecular complexity index is 248. The molecule has 0 saturated carbocycles. The van der Waals surface area contributed by atoms with Gasteiger partial charge in [0, 0.05) is 12.2 Å². The number of rotatable bonds is 4. The lowest BCUT2D eigenvalue weighted by Crippen LogP contribution is -2.19. The van der Waals surface area contributed by atoms with Crippen LogP contribution in [-0.2, 0) is 0 Å². The predicted molar refractivity (Wildman–Crippen MR) is 56.0 cm³/mol. The molecule has 1 heterocycles. The van der Waals surface area contributed by atoms with Crippen LogP contribution in [-0.4, -0.2) is 17.6 Å². The number of halogens is 1. The number of aromatic nitrogens is 1. The average Bonchev–Trinajstić information content (AvgIpc) is 2.09. The van der Waals surface area contributed by atoms with Gasteiger partial charge in [0.05, 0.1) is 5.02 Å². The second-order valence-corrected chi connectivity index (χ2v) is 3.42.